The van der Waals surface area contributed by atoms with Crippen molar-refractivity contribution in [3.8, 4) is 0 Å². The van der Waals surface area contributed by atoms with Crippen molar-refractivity contribution in [2.75, 3.05) is 18.1 Å². The predicted octanol–water partition coefficient (Wildman–Crippen LogP) is 4.63. The molecule has 0 aliphatic carbocycles. The highest BCUT2D eigenvalue weighted by molar-refractivity contribution is 6.00. The van der Waals surface area contributed by atoms with Crippen molar-refractivity contribution in [1.29, 1.82) is 0 Å². The Hall–Kier alpha value is -3.41. The number of carbonyl (C=O) groups excluding carboxylic acids is 2. The SMILES string of the molecule is CCOC(=O)C1=CN(c2ccc(C)cc2)C=C(C(=O)OCC)C1c1ccccc1F. The van der Waals surface area contributed by atoms with Crippen molar-refractivity contribution in [1.82, 2.24) is 0 Å². The van der Waals surface area contributed by atoms with Crippen molar-refractivity contribution in [3.63, 3.8) is 0 Å². The third-order valence-corrected chi connectivity index (χ3v) is 4.75. The van der Waals surface area contributed by atoms with Crippen molar-refractivity contribution in [3.05, 3.63) is 89.0 Å². The monoisotopic (exact) mass is 409 g/mol. The number of ether oxygens (including phenoxy) is 2. The molecule has 0 atom stereocenters. The lowest BCUT2D eigenvalue weighted by Gasteiger charge is -2.30. The lowest BCUT2D eigenvalue weighted by molar-refractivity contribution is -0.139. The van der Waals surface area contributed by atoms with E-state index in [-0.39, 0.29) is 29.9 Å². The van der Waals surface area contributed by atoms with Crippen LogP contribution in [0.1, 0.15) is 30.9 Å². The molecular formula is C24H24FNO4. The van der Waals surface area contributed by atoms with Gasteiger partial charge in [-0.25, -0.2) is 14.0 Å². The summed E-state index contributed by atoms with van der Waals surface area (Å²) in [5.74, 6) is -2.68. The molecule has 30 heavy (non-hydrogen) atoms. The maximum Gasteiger partial charge on any atom is 0.336 e. The standard InChI is InChI=1S/C24H24FNO4/c1-4-29-23(27)19-14-26(17-12-10-16(3)11-13-17)15-20(24(28)30-5-2)22(19)18-8-6-7-9-21(18)25/h6-15,22H,4-5H2,1-3H3. The second kappa shape index (κ2) is 9.39. The van der Waals surface area contributed by atoms with Crippen molar-refractivity contribution < 1.29 is 23.5 Å². The van der Waals surface area contributed by atoms with Gasteiger partial charge in [0.05, 0.1) is 30.3 Å². The van der Waals surface area contributed by atoms with Crippen LogP contribution in [0.4, 0.5) is 10.1 Å². The van der Waals surface area contributed by atoms with Crippen molar-refractivity contribution in [2.45, 2.75) is 26.7 Å². The van der Waals surface area contributed by atoms with Crippen LogP contribution in [-0.2, 0) is 19.1 Å². The molecule has 0 saturated heterocycles. The van der Waals surface area contributed by atoms with Gasteiger partial charge < -0.3 is 14.4 Å². The third-order valence-electron chi connectivity index (χ3n) is 4.75. The minimum Gasteiger partial charge on any atom is -0.463 e. The lowest BCUT2D eigenvalue weighted by Crippen LogP contribution is -2.29. The quantitative estimate of drug-likeness (QED) is 0.651. The van der Waals surface area contributed by atoms with Crippen LogP contribution in [0.15, 0.2) is 72.1 Å². The molecule has 156 valence electrons. The van der Waals surface area contributed by atoms with Crippen LogP contribution in [0.5, 0.6) is 0 Å². The molecule has 1 aliphatic heterocycles. The van der Waals surface area contributed by atoms with Crippen LogP contribution in [0.2, 0.25) is 0 Å². The number of hydrogen-bond donors (Lipinski definition) is 0. The van der Waals surface area contributed by atoms with E-state index in [4.69, 9.17) is 9.47 Å². The minimum absolute atomic E-state index is 0.156. The van der Waals surface area contributed by atoms with Gasteiger partial charge in [-0.1, -0.05) is 35.9 Å². The highest BCUT2D eigenvalue weighted by atomic mass is 19.1. The summed E-state index contributed by atoms with van der Waals surface area (Å²) < 4.78 is 25.2. The average molecular weight is 409 g/mol. The first-order valence-corrected chi connectivity index (χ1v) is 9.83. The van der Waals surface area contributed by atoms with Crippen molar-refractivity contribution in [2.24, 2.45) is 0 Å². The predicted molar refractivity (Wildman–Crippen MR) is 112 cm³/mol. The number of carbonyl (C=O) groups is 2. The van der Waals surface area contributed by atoms with E-state index < -0.39 is 23.7 Å². The van der Waals surface area contributed by atoms with Crippen LogP contribution < -0.4 is 4.90 Å². The Morgan fingerprint density at radius 1 is 0.900 bits per heavy atom. The molecule has 0 spiro atoms. The Kier molecular flexibility index (Phi) is 6.67. The number of rotatable bonds is 6. The molecule has 5 nitrogen and oxygen atoms in total. The Balaban J connectivity index is 2.18. The lowest BCUT2D eigenvalue weighted by atomic mass is 9.83. The molecule has 2 aromatic carbocycles. The van der Waals surface area contributed by atoms with Crippen LogP contribution in [0.3, 0.4) is 0 Å². The van der Waals surface area contributed by atoms with Gasteiger partial charge in [-0.3, -0.25) is 0 Å². The fourth-order valence-corrected chi connectivity index (χ4v) is 3.33. The summed E-state index contributed by atoms with van der Waals surface area (Å²) in [7, 11) is 0. The van der Waals surface area contributed by atoms with E-state index >= 15 is 0 Å². The van der Waals surface area contributed by atoms with E-state index in [1.54, 1.807) is 49.3 Å². The number of benzene rings is 2. The first kappa shape index (κ1) is 21.3. The zero-order chi connectivity index (χ0) is 21.7. The molecule has 0 fully saturated rings. The second-order valence-corrected chi connectivity index (χ2v) is 6.81. The van der Waals surface area contributed by atoms with Gasteiger partial charge in [0, 0.05) is 23.7 Å². The molecule has 2 aromatic rings. The molecule has 1 aliphatic rings. The Bertz CT molecular complexity index is 959. The van der Waals surface area contributed by atoms with Gasteiger partial charge in [-0.05, 0) is 39.0 Å². The summed E-state index contributed by atoms with van der Waals surface area (Å²) in [6.45, 7) is 5.67. The topological polar surface area (TPSA) is 55.8 Å². The number of esters is 2. The Morgan fingerprint density at radius 2 is 1.43 bits per heavy atom. The van der Waals surface area contributed by atoms with Gasteiger partial charge in [-0.15, -0.1) is 0 Å². The van der Waals surface area contributed by atoms with Gasteiger partial charge in [0.15, 0.2) is 0 Å². The molecule has 3 rings (SSSR count). The molecule has 0 bridgehead atoms. The Morgan fingerprint density at radius 3 is 1.93 bits per heavy atom. The average Bonchev–Trinajstić information content (AvgIpc) is 2.74. The zero-order valence-electron chi connectivity index (χ0n) is 17.2. The molecule has 0 radical (unpaired) electrons. The smallest absolute Gasteiger partial charge is 0.336 e. The van der Waals surface area contributed by atoms with Gasteiger partial charge in [0.25, 0.3) is 0 Å². The second-order valence-electron chi connectivity index (χ2n) is 6.81. The van der Waals surface area contributed by atoms with E-state index in [0.29, 0.717) is 0 Å². The number of hydrogen-bond acceptors (Lipinski definition) is 5. The van der Waals surface area contributed by atoms with E-state index in [9.17, 15) is 14.0 Å². The molecule has 0 saturated carbocycles. The molecular weight excluding hydrogens is 385 g/mol. The maximum absolute atomic E-state index is 14.7. The zero-order valence-corrected chi connectivity index (χ0v) is 17.2. The highest BCUT2D eigenvalue weighted by Gasteiger charge is 2.37. The first-order chi connectivity index (χ1) is 14.5. The highest BCUT2D eigenvalue weighted by Crippen LogP contribution is 2.39. The number of nitrogens with zero attached hydrogens (tertiary/aromatic N) is 1. The normalized spacial score (nSPS) is 14.1. The Labute approximate surface area is 175 Å². The molecule has 0 N–H and O–H groups in total. The molecule has 0 unspecified atom stereocenters. The summed E-state index contributed by atoms with van der Waals surface area (Å²) in [6.07, 6.45) is 3.17. The number of aryl methyl sites for hydroxylation is 1. The molecule has 1 heterocycles. The number of anilines is 1. The van der Waals surface area contributed by atoms with Gasteiger partial charge in [-0.2, -0.15) is 0 Å². The van der Waals surface area contributed by atoms with E-state index in [1.165, 1.54) is 6.07 Å². The summed E-state index contributed by atoms with van der Waals surface area (Å²) in [4.78, 5) is 27.3. The summed E-state index contributed by atoms with van der Waals surface area (Å²) >= 11 is 0. The van der Waals surface area contributed by atoms with Crippen LogP contribution in [0, 0.1) is 12.7 Å². The maximum atomic E-state index is 14.7. The van der Waals surface area contributed by atoms with Crippen LogP contribution >= 0.6 is 0 Å². The van der Waals surface area contributed by atoms with Gasteiger partial charge in [0.2, 0.25) is 0 Å². The number of halogens is 1. The molecule has 0 aromatic heterocycles. The molecule has 6 heteroatoms. The summed E-state index contributed by atoms with van der Waals surface area (Å²) in [5, 5.41) is 0. The van der Waals surface area contributed by atoms with E-state index in [1.807, 2.05) is 31.2 Å². The third kappa shape index (κ3) is 4.43. The van der Waals surface area contributed by atoms with E-state index in [0.717, 1.165) is 11.3 Å². The van der Waals surface area contributed by atoms with Crippen LogP contribution in [0.25, 0.3) is 0 Å². The van der Waals surface area contributed by atoms with Crippen LogP contribution in [-0.4, -0.2) is 25.2 Å². The fraction of sp³-hybridized carbons (Fsp3) is 0.250. The largest absolute Gasteiger partial charge is 0.463 e. The molecule has 0 amide bonds. The van der Waals surface area contributed by atoms with Gasteiger partial charge in [0.1, 0.15) is 5.82 Å². The summed E-state index contributed by atoms with van der Waals surface area (Å²) in [5.41, 5.74) is 2.35. The minimum atomic E-state index is -0.939. The van der Waals surface area contributed by atoms with Crippen molar-refractivity contribution >= 4 is 17.6 Å². The first-order valence-electron chi connectivity index (χ1n) is 9.83. The summed E-state index contributed by atoms with van der Waals surface area (Å²) in [6, 6.07) is 13.7. The van der Waals surface area contributed by atoms with Gasteiger partial charge >= 0.3 is 11.9 Å². The fourth-order valence-electron chi connectivity index (χ4n) is 3.33. The van der Waals surface area contributed by atoms with E-state index in [2.05, 4.69) is 0 Å².